The summed E-state index contributed by atoms with van der Waals surface area (Å²) in [5.74, 6) is 6.27. The summed E-state index contributed by atoms with van der Waals surface area (Å²) < 4.78 is 15.9. The Bertz CT molecular complexity index is 968. The van der Waals surface area contributed by atoms with Gasteiger partial charge in [0.25, 0.3) is 0 Å². The molecular formula is C26H32FN3S. The number of nitrogens with zero attached hydrogens (tertiary/aromatic N) is 2. The minimum Gasteiger partial charge on any atom is -0.280 e. The first-order chi connectivity index (χ1) is 14.9. The third kappa shape index (κ3) is 4.89. The van der Waals surface area contributed by atoms with E-state index in [9.17, 15) is 4.39 Å². The zero-order chi connectivity index (χ0) is 22.0. The molecule has 0 radical (unpaired) electrons. The molecule has 164 valence electrons. The number of allylic oxidation sites excluding steroid dienone is 2. The molecular weight excluding hydrogens is 405 g/mol. The van der Waals surface area contributed by atoms with Crippen molar-refractivity contribution in [2.45, 2.75) is 45.3 Å². The molecule has 1 saturated heterocycles. The first kappa shape index (κ1) is 22.1. The molecule has 1 aliphatic carbocycles. The zero-order valence-electron chi connectivity index (χ0n) is 18.6. The lowest BCUT2D eigenvalue weighted by Gasteiger charge is -2.48. The highest BCUT2D eigenvalue weighted by Gasteiger charge is 2.42. The van der Waals surface area contributed by atoms with Gasteiger partial charge < -0.3 is 0 Å². The number of piperidine rings is 1. The van der Waals surface area contributed by atoms with Crippen molar-refractivity contribution in [2.75, 3.05) is 18.1 Å². The molecule has 0 bridgehead atoms. The molecule has 3 nitrogen and oxygen atoms in total. The van der Waals surface area contributed by atoms with E-state index in [1.807, 2.05) is 11.9 Å². The molecule has 2 aromatic rings. The van der Waals surface area contributed by atoms with Gasteiger partial charge in [-0.2, -0.15) is 0 Å². The number of benzene rings is 2. The maximum Gasteiger partial charge on any atom is 0.123 e. The molecule has 1 unspecified atom stereocenters. The predicted molar refractivity (Wildman–Crippen MR) is 130 cm³/mol. The minimum atomic E-state index is -0.248. The summed E-state index contributed by atoms with van der Waals surface area (Å²) in [4.78, 5) is 0. The second-order valence-electron chi connectivity index (χ2n) is 9.07. The third-order valence-corrected chi connectivity index (χ3v) is 7.28. The van der Waals surface area contributed by atoms with Crippen LogP contribution in [-0.4, -0.2) is 22.6 Å². The van der Waals surface area contributed by atoms with E-state index in [-0.39, 0.29) is 11.2 Å². The maximum absolute atomic E-state index is 13.4. The standard InChI is InChI=1S/C26H32FN3S/c1-19(2)31-29-14-13-22-15-25(30(28)24-11-9-23(27)10-12-24)20(3)16-26(22,18-29)17-21-7-5-4-6-8-21/h4-12,15,19H,13-14,16-18,28H2,1-3H3. The van der Waals surface area contributed by atoms with Crippen LogP contribution in [0.1, 0.15) is 39.2 Å². The highest BCUT2D eigenvalue weighted by atomic mass is 32.2. The van der Waals surface area contributed by atoms with E-state index in [2.05, 4.69) is 61.5 Å². The van der Waals surface area contributed by atoms with Gasteiger partial charge in [-0.3, -0.25) is 5.01 Å². The smallest absolute Gasteiger partial charge is 0.123 e. The zero-order valence-corrected chi connectivity index (χ0v) is 19.5. The molecule has 0 saturated carbocycles. The van der Waals surface area contributed by atoms with Gasteiger partial charge in [0, 0.05) is 23.8 Å². The van der Waals surface area contributed by atoms with Crippen LogP contribution in [0.15, 0.2) is 77.5 Å². The molecule has 5 heteroatoms. The van der Waals surface area contributed by atoms with E-state index in [1.54, 1.807) is 17.1 Å². The summed E-state index contributed by atoms with van der Waals surface area (Å²) in [6.07, 6.45) is 5.36. The lowest BCUT2D eigenvalue weighted by atomic mass is 9.65. The minimum absolute atomic E-state index is 0.0821. The van der Waals surface area contributed by atoms with E-state index in [0.29, 0.717) is 5.25 Å². The lowest BCUT2D eigenvalue weighted by molar-refractivity contribution is 0.217. The van der Waals surface area contributed by atoms with Crippen molar-refractivity contribution in [3.63, 3.8) is 0 Å². The average molecular weight is 438 g/mol. The Morgan fingerprint density at radius 2 is 1.84 bits per heavy atom. The van der Waals surface area contributed by atoms with Crippen LogP contribution in [0.5, 0.6) is 0 Å². The van der Waals surface area contributed by atoms with Gasteiger partial charge in [0.1, 0.15) is 5.82 Å². The summed E-state index contributed by atoms with van der Waals surface area (Å²) >= 11 is 1.97. The van der Waals surface area contributed by atoms with E-state index in [0.717, 1.165) is 43.7 Å². The van der Waals surface area contributed by atoms with Gasteiger partial charge >= 0.3 is 0 Å². The fourth-order valence-electron chi connectivity index (χ4n) is 4.93. The van der Waals surface area contributed by atoms with E-state index in [1.165, 1.54) is 28.8 Å². The fourth-order valence-corrected chi connectivity index (χ4v) is 6.05. The molecule has 0 spiro atoms. The van der Waals surface area contributed by atoms with Crippen LogP contribution in [0.2, 0.25) is 0 Å². The number of halogens is 1. The van der Waals surface area contributed by atoms with Crippen molar-refractivity contribution in [3.05, 3.63) is 88.9 Å². The maximum atomic E-state index is 13.4. The number of hydrazine groups is 1. The molecule has 1 atom stereocenters. The average Bonchev–Trinajstić information content (AvgIpc) is 2.73. The van der Waals surface area contributed by atoms with E-state index < -0.39 is 0 Å². The van der Waals surface area contributed by atoms with Crippen molar-refractivity contribution in [1.82, 2.24) is 4.31 Å². The van der Waals surface area contributed by atoms with Gasteiger partial charge in [-0.05, 0) is 67.7 Å². The van der Waals surface area contributed by atoms with Crippen LogP contribution < -0.4 is 10.9 Å². The van der Waals surface area contributed by atoms with Crippen LogP contribution >= 0.6 is 11.9 Å². The molecule has 31 heavy (non-hydrogen) atoms. The highest BCUT2D eigenvalue weighted by molar-refractivity contribution is 7.97. The second-order valence-corrected chi connectivity index (χ2v) is 10.7. The van der Waals surface area contributed by atoms with Crippen LogP contribution in [0.25, 0.3) is 0 Å². The van der Waals surface area contributed by atoms with Gasteiger partial charge in [0.15, 0.2) is 0 Å². The van der Waals surface area contributed by atoms with Crippen molar-refractivity contribution < 1.29 is 4.39 Å². The Hall–Kier alpha value is -2.08. The number of hydrogen-bond acceptors (Lipinski definition) is 4. The largest absolute Gasteiger partial charge is 0.280 e. The summed E-state index contributed by atoms with van der Waals surface area (Å²) in [7, 11) is 0. The normalized spacial score (nSPS) is 21.8. The Balaban J connectivity index is 1.67. The van der Waals surface area contributed by atoms with Crippen molar-refractivity contribution >= 4 is 17.6 Å². The SMILES string of the molecule is CC1=C(N(N)c2ccc(F)cc2)C=C2CCN(SC(C)C)CC2(Cc2ccccc2)C1. The van der Waals surface area contributed by atoms with Gasteiger partial charge in [0.2, 0.25) is 0 Å². The number of rotatable bonds is 6. The Labute approximate surface area is 189 Å². The van der Waals surface area contributed by atoms with Crippen molar-refractivity contribution in [1.29, 1.82) is 0 Å². The third-order valence-electron chi connectivity index (χ3n) is 6.25. The van der Waals surface area contributed by atoms with Crippen molar-refractivity contribution in [2.24, 2.45) is 11.3 Å². The molecule has 2 aliphatic rings. The van der Waals surface area contributed by atoms with E-state index in [4.69, 9.17) is 5.84 Å². The molecule has 2 N–H and O–H groups in total. The van der Waals surface area contributed by atoms with Gasteiger partial charge in [-0.1, -0.05) is 61.7 Å². The summed E-state index contributed by atoms with van der Waals surface area (Å²) in [5.41, 5.74) is 6.06. The quantitative estimate of drug-likeness (QED) is 0.336. The monoisotopic (exact) mass is 437 g/mol. The lowest BCUT2D eigenvalue weighted by Crippen LogP contribution is -2.46. The Morgan fingerprint density at radius 3 is 2.52 bits per heavy atom. The number of fused-ring (bicyclic) bond motifs is 1. The topological polar surface area (TPSA) is 32.5 Å². The van der Waals surface area contributed by atoms with Crippen LogP contribution in [-0.2, 0) is 6.42 Å². The molecule has 1 aliphatic heterocycles. The van der Waals surface area contributed by atoms with Crippen molar-refractivity contribution in [3.8, 4) is 0 Å². The molecule has 0 aromatic heterocycles. The predicted octanol–water partition coefficient (Wildman–Crippen LogP) is 6.10. The molecule has 1 heterocycles. The fraction of sp³-hybridized carbons (Fsp3) is 0.385. The van der Waals surface area contributed by atoms with Gasteiger partial charge in [-0.25, -0.2) is 14.5 Å². The van der Waals surface area contributed by atoms with Crippen LogP contribution in [0.4, 0.5) is 10.1 Å². The van der Waals surface area contributed by atoms with E-state index >= 15 is 0 Å². The van der Waals surface area contributed by atoms with Crippen LogP contribution in [0.3, 0.4) is 0 Å². The molecule has 4 rings (SSSR count). The Morgan fingerprint density at radius 1 is 1.13 bits per heavy atom. The van der Waals surface area contributed by atoms with Gasteiger partial charge in [0.05, 0.1) is 11.4 Å². The molecule has 2 aromatic carbocycles. The first-order valence-corrected chi connectivity index (χ1v) is 11.9. The summed E-state index contributed by atoms with van der Waals surface area (Å²) in [5, 5.41) is 2.29. The summed E-state index contributed by atoms with van der Waals surface area (Å²) in [6.45, 7) is 8.81. The summed E-state index contributed by atoms with van der Waals surface area (Å²) in [6, 6.07) is 17.2. The number of anilines is 1. The second kappa shape index (κ2) is 9.19. The van der Waals surface area contributed by atoms with Crippen LogP contribution in [0, 0.1) is 11.2 Å². The highest BCUT2D eigenvalue weighted by Crippen LogP contribution is 2.49. The first-order valence-electron chi connectivity index (χ1n) is 11.0. The van der Waals surface area contributed by atoms with Gasteiger partial charge in [-0.15, -0.1) is 0 Å². The Kier molecular flexibility index (Phi) is 6.56. The number of nitrogens with two attached hydrogens (primary N) is 1. The molecule has 1 fully saturated rings. The molecule has 0 amide bonds. The number of hydrogen-bond donors (Lipinski definition) is 1.